The van der Waals surface area contributed by atoms with Crippen LogP contribution in [0.2, 0.25) is 5.02 Å². The third-order valence-electron chi connectivity index (χ3n) is 4.97. The molecule has 138 valence electrons. The highest BCUT2D eigenvalue weighted by Crippen LogP contribution is 2.27. The Morgan fingerprint density at radius 1 is 0.857 bits per heavy atom. The molecule has 0 aliphatic carbocycles. The lowest BCUT2D eigenvalue weighted by Gasteiger charge is -2.17. The molecule has 4 aromatic rings. The Morgan fingerprint density at radius 3 is 2.29 bits per heavy atom. The highest BCUT2D eigenvalue weighted by Gasteiger charge is 2.18. The van der Waals surface area contributed by atoms with E-state index in [4.69, 9.17) is 16.6 Å². The van der Waals surface area contributed by atoms with Gasteiger partial charge < -0.3 is 0 Å². The SMILES string of the molecule is O=C(CC(Cc1ccc2ccc(Cl)cc2n1)c1ccccc1)c1ccccc1. The van der Waals surface area contributed by atoms with Crippen molar-refractivity contribution < 1.29 is 4.79 Å². The molecule has 0 bridgehead atoms. The van der Waals surface area contributed by atoms with Crippen molar-refractivity contribution in [1.82, 2.24) is 4.98 Å². The quantitative estimate of drug-likeness (QED) is 0.355. The molecular formula is C25H20ClNO. The van der Waals surface area contributed by atoms with Crippen molar-refractivity contribution >= 4 is 28.3 Å². The van der Waals surface area contributed by atoms with E-state index in [1.54, 1.807) is 0 Å². The Morgan fingerprint density at radius 2 is 1.54 bits per heavy atom. The number of halogens is 1. The van der Waals surface area contributed by atoms with Crippen LogP contribution in [0.15, 0.2) is 91.0 Å². The minimum Gasteiger partial charge on any atom is -0.294 e. The number of fused-ring (bicyclic) bond motifs is 1. The third kappa shape index (κ3) is 4.29. The van der Waals surface area contributed by atoms with E-state index in [-0.39, 0.29) is 11.7 Å². The van der Waals surface area contributed by atoms with E-state index in [0.717, 1.165) is 27.7 Å². The molecule has 0 radical (unpaired) electrons. The molecule has 1 aromatic heterocycles. The van der Waals surface area contributed by atoms with Crippen LogP contribution in [-0.2, 0) is 6.42 Å². The first-order chi connectivity index (χ1) is 13.7. The van der Waals surface area contributed by atoms with Crippen LogP contribution in [0.5, 0.6) is 0 Å². The highest BCUT2D eigenvalue weighted by molar-refractivity contribution is 6.31. The molecule has 1 unspecified atom stereocenters. The summed E-state index contributed by atoms with van der Waals surface area (Å²) in [6.07, 6.45) is 1.15. The number of benzene rings is 3. The van der Waals surface area contributed by atoms with Crippen LogP contribution in [0.1, 0.15) is 34.0 Å². The summed E-state index contributed by atoms with van der Waals surface area (Å²) in [7, 11) is 0. The van der Waals surface area contributed by atoms with Gasteiger partial charge >= 0.3 is 0 Å². The first kappa shape index (κ1) is 18.4. The maximum atomic E-state index is 12.8. The van der Waals surface area contributed by atoms with Crippen LogP contribution in [0.3, 0.4) is 0 Å². The second-order valence-electron chi connectivity index (χ2n) is 6.94. The van der Waals surface area contributed by atoms with E-state index < -0.39 is 0 Å². The molecule has 1 atom stereocenters. The number of aromatic nitrogens is 1. The van der Waals surface area contributed by atoms with E-state index >= 15 is 0 Å². The van der Waals surface area contributed by atoms with Crippen molar-refractivity contribution in [2.24, 2.45) is 0 Å². The van der Waals surface area contributed by atoms with Gasteiger partial charge in [-0.2, -0.15) is 0 Å². The Labute approximate surface area is 169 Å². The van der Waals surface area contributed by atoms with Crippen LogP contribution in [0.4, 0.5) is 0 Å². The molecule has 2 nitrogen and oxygen atoms in total. The number of hydrogen-bond acceptors (Lipinski definition) is 2. The Bertz CT molecular complexity index is 1090. The molecule has 0 aliphatic rings. The van der Waals surface area contributed by atoms with Gasteiger partial charge in [-0.15, -0.1) is 0 Å². The van der Waals surface area contributed by atoms with Gasteiger partial charge in [0.25, 0.3) is 0 Å². The van der Waals surface area contributed by atoms with Gasteiger partial charge in [-0.25, -0.2) is 0 Å². The van der Waals surface area contributed by atoms with Crippen molar-refractivity contribution in [1.29, 1.82) is 0 Å². The summed E-state index contributed by atoms with van der Waals surface area (Å²) in [6.45, 7) is 0. The zero-order chi connectivity index (χ0) is 19.3. The molecule has 3 heteroatoms. The minimum absolute atomic E-state index is 0.0676. The third-order valence-corrected chi connectivity index (χ3v) is 5.20. The van der Waals surface area contributed by atoms with Gasteiger partial charge in [-0.1, -0.05) is 84.4 Å². The van der Waals surface area contributed by atoms with E-state index in [9.17, 15) is 4.79 Å². The summed E-state index contributed by atoms with van der Waals surface area (Å²) >= 11 is 6.12. The standard InChI is InChI=1S/C25H20ClNO/c26-22-13-11-19-12-14-23(27-24(19)17-22)15-21(18-7-3-1-4-8-18)16-25(28)20-9-5-2-6-10-20/h1-14,17,21H,15-16H2. The monoisotopic (exact) mass is 385 g/mol. The smallest absolute Gasteiger partial charge is 0.163 e. The van der Waals surface area contributed by atoms with E-state index in [0.29, 0.717) is 17.9 Å². The molecule has 0 aliphatic heterocycles. The lowest BCUT2D eigenvalue weighted by Crippen LogP contribution is -2.11. The zero-order valence-electron chi connectivity index (χ0n) is 15.4. The molecule has 3 aromatic carbocycles. The highest BCUT2D eigenvalue weighted by atomic mass is 35.5. The number of Topliss-reactive ketones (excluding diaryl/α,β-unsaturated/α-hetero) is 1. The molecule has 0 N–H and O–H groups in total. The average molecular weight is 386 g/mol. The number of hydrogen-bond donors (Lipinski definition) is 0. The normalized spacial score (nSPS) is 12.0. The van der Waals surface area contributed by atoms with Crippen LogP contribution in [0.25, 0.3) is 10.9 Å². The van der Waals surface area contributed by atoms with Crippen LogP contribution in [-0.4, -0.2) is 10.8 Å². The topological polar surface area (TPSA) is 30.0 Å². The van der Waals surface area contributed by atoms with Gasteiger partial charge in [0, 0.05) is 28.1 Å². The van der Waals surface area contributed by atoms with E-state index in [2.05, 4.69) is 18.2 Å². The van der Waals surface area contributed by atoms with Crippen LogP contribution >= 0.6 is 11.6 Å². The summed E-state index contributed by atoms with van der Waals surface area (Å²) in [5.74, 6) is 0.219. The summed E-state index contributed by atoms with van der Waals surface area (Å²) < 4.78 is 0. The molecule has 28 heavy (non-hydrogen) atoms. The van der Waals surface area contributed by atoms with Crippen molar-refractivity contribution in [2.45, 2.75) is 18.8 Å². The first-order valence-corrected chi connectivity index (χ1v) is 9.75. The van der Waals surface area contributed by atoms with Gasteiger partial charge in [0.15, 0.2) is 5.78 Å². The Kier molecular flexibility index (Phi) is 5.50. The lowest BCUT2D eigenvalue weighted by molar-refractivity contribution is 0.0973. The largest absolute Gasteiger partial charge is 0.294 e. The van der Waals surface area contributed by atoms with Crippen molar-refractivity contribution in [3.63, 3.8) is 0 Å². The molecule has 0 fully saturated rings. The number of pyridine rings is 1. The first-order valence-electron chi connectivity index (χ1n) is 9.37. The van der Waals surface area contributed by atoms with Crippen LogP contribution in [0, 0.1) is 0 Å². The fraction of sp³-hybridized carbons (Fsp3) is 0.120. The summed E-state index contributed by atoms with van der Waals surface area (Å²) in [5.41, 5.74) is 3.75. The van der Waals surface area contributed by atoms with E-state index in [1.807, 2.05) is 72.8 Å². The minimum atomic E-state index is 0.0676. The number of ketones is 1. The van der Waals surface area contributed by atoms with Gasteiger partial charge in [-0.05, 0) is 36.1 Å². The Hall–Kier alpha value is -2.97. The number of carbonyl (C=O) groups is 1. The second kappa shape index (κ2) is 8.37. The maximum Gasteiger partial charge on any atom is 0.163 e. The molecule has 0 spiro atoms. The average Bonchev–Trinajstić information content (AvgIpc) is 2.74. The Balaban J connectivity index is 1.63. The fourth-order valence-electron chi connectivity index (χ4n) is 3.50. The molecule has 4 rings (SSSR count). The van der Waals surface area contributed by atoms with Gasteiger partial charge in [-0.3, -0.25) is 9.78 Å². The molecular weight excluding hydrogens is 366 g/mol. The zero-order valence-corrected chi connectivity index (χ0v) is 16.1. The summed E-state index contributed by atoms with van der Waals surface area (Å²) in [5, 5.41) is 1.74. The number of carbonyl (C=O) groups excluding carboxylic acids is 1. The molecule has 1 heterocycles. The lowest BCUT2D eigenvalue weighted by atomic mass is 9.87. The molecule has 0 amide bonds. The fourth-order valence-corrected chi connectivity index (χ4v) is 3.66. The van der Waals surface area contributed by atoms with Gasteiger partial charge in [0.1, 0.15) is 0 Å². The number of rotatable bonds is 6. The van der Waals surface area contributed by atoms with Gasteiger partial charge in [0.05, 0.1) is 5.52 Å². The van der Waals surface area contributed by atoms with Crippen molar-refractivity contribution in [3.8, 4) is 0 Å². The van der Waals surface area contributed by atoms with Crippen LogP contribution < -0.4 is 0 Å². The maximum absolute atomic E-state index is 12.8. The summed E-state index contributed by atoms with van der Waals surface area (Å²) in [6, 6.07) is 29.5. The molecule has 0 saturated carbocycles. The second-order valence-corrected chi connectivity index (χ2v) is 7.38. The predicted molar refractivity (Wildman–Crippen MR) is 115 cm³/mol. The van der Waals surface area contributed by atoms with Crippen molar-refractivity contribution in [2.75, 3.05) is 0 Å². The predicted octanol–water partition coefficient (Wildman–Crippen LogP) is 6.49. The summed E-state index contributed by atoms with van der Waals surface area (Å²) in [4.78, 5) is 17.6. The van der Waals surface area contributed by atoms with E-state index in [1.165, 1.54) is 0 Å². The van der Waals surface area contributed by atoms with Gasteiger partial charge in [0.2, 0.25) is 0 Å². The number of nitrogens with zero attached hydrogens (tertiary/aromatic N) is 1. The van der Waals surface area contributed by atoms with Crippen molar-refractivity contribution in [3.05, 3.63) is 113 Å². The molecule has 0 saturated heterocycles.